The predicted molar refractivity (Wildman–Crippen MR) is 92.5 cm³/mol. The quantitative estimate of drug-likeness (QED) is 0.549. The van der Waals surface area contributed by atoms with Gasteiger partial charge < -0.3 is 0 Å². The average Bonchev–Trinajstić information content (AvgIpc) is 2.05. The van der Waals surface area contributed by atoms with Gasteiger partial charge in [-0.3, -0.25) is 0 Å². The van der Waals surface area contributed by atoms with E-state index in [0.717, 1.165) is 10.9 Å². The fourth-order valence-electron chi connectivity index (χ4n) is 2.08. The van der Waals surface area contributed by atoms with Crippen LogP contribution in [0.1, 0.15) is 82.6 Å². The van der Waals surface area contributed by atoms with Crippen molar-refractivity contribution in [1.82, 2.24) is 0 Å². The summed E-state index contributed by atoms with van der Waals surface area (Å²) in [7, 11) is 0. The molecule has 0 bridgehead atoms. The van der Waals surface area contributed by atoms with E-state index in [4.69, 9.17) is 9.22 Å². The van der Waals surface area contributed by atoms with Crippen LogP contribution in [-0.4, -0.2) is 36.4 Å². The number of hydrogen-bond donors (Lipinski definition) is 0. The molecule has 0 saturated heterocycles. The van der Waals surface area contributed by atoms with Gasteiger partial charge in [-0.05, 0) is 0 Å². The molecule has 0 radical (unpaired) electrons. The summed E-state index contributed by atoms with van der Waals surface area (Å²) >= 11 is -3.66. The molecule has 21 heavy (non-hydrogen) atoms. The Balaban J connectivity index is 5.46. The Hall–Kier alpha value is 0.679. The molecule has 0 unspecified atom stereocenters. The second-order valence-electron chi connectivity index (χ2n) is 9.26. The number of hydrogen-bond acceptors (Lipinski definition) is 3. The zero-order valence-electron chi connectivity index (χ0n) is 16.2. The van der Waals surface area contributed by atoms with E-state index < -0.39 is 19.6 Å². The topological polar surface area (TPSA) is 27.7 Å². The van der Waals surface area contributed by atoms with Crippen molar-refractivity contribution >= 4 is 19.6 Å². The third-order valence-electron chi connectivity index (χ3n) is 2.41. The van der Waals surface area contributed by atoms with Gasteiger partial charge in [0.15, 0.2) is 0 Å². The maximum absolute atomic E-state index is 6.49. The van der Waals surface area contributed by atoms with Gasteiger partial charge >= 0.3 is 139 Å². The molecule has 0 saturated carbocycles. The third kappa shape index (κ3) is 11.8. The molecule has 0 aromatic heterocycles. The minimum atomic E-state index is -3.66. The molecule has 0 heterocycles. The molecule has 0 aliphatic carbocycles. The van der Waals surface area contributed by atoms with E-state index in [0.29, 0.717) is 5.92 Å². The van der Waals surface area contributed by atoms with Crippen LogP contribution in [-0.2, 0) is 9.22 Å². The first-order valence-electron chi connectivity index (χ1n) is 8.14. The van der Waals surface area contributed by atoms with Crippen LogP contribution >= 0.6 is 0 Å². The summed E-state index contributed by atoms with van der Waals surface area (Å²) in [5, 5.41) is 0. The van der Waals surface area contributed by atoms with Gasteiger partial charge in [0.05, 0.1) is 0 Å². The molecule has 0 aliphatic rings. The normalized spacial score (nSPS) is 14.9. The molecule has 0 aliphatic heterocycles. The van der Waals surface area contributed by atoms with Crippen LogP contribution in [0.4, 0.5) is 0 Å². The van der Waals surface area contributed by atoms with Crippen molar-refractivity contribution in [3.8, 4) is 0 Å². The van der Waals surface area contributed by atoms with Gasteiger partial charge in [0.25, 0.3) is 0 Å². The summed E-state index contributed by atoms with van der Waals surface area (Å²) in [5.41, 5.74) is -0.739. The first-order valence-corrected chi connectivity index (χ1v) is 13.7. The van der Waals surface area contributed by atoms with E-state index in [-0.39, 0.29) is 16.8 Å². The van der Waals surface area contributed by atoms with E-state index in [1.165, 1.54) is 0 Å². The monoisotopic (exact) mass is 410 g/mol. The third-order valence-corrected chi connectivity index (χ3v) is 12.9. The van der Waals surface area contributed by atoms with Crippen molar-refractivity contribution in [3.05, 3.63) is 0 Å². The standard InChI is InChI=1S/C5H11.3C4H9O.Sn/c1-4-5(2)3;3*1-4(2,3)5;/h5H,1,4H2,2-3H3;3*1-3H3;/q;3*-1;+3. The second kappa shape index (κ2) is 7.50. The van der Waals surface area contributed by atoms with Gasteiger partial charge in [0.2, 0.25) is 0 Å². The van der Waals surface area contributed by atoms with Crippen molar-refractivity contribution in [2.24, 2.45) is 5.92 Å². The summed E-state index contributed by atoms with van der Waals surface area (Å²) < 4.78 is 20.4. The molecule has 0 N–H and O–H groups in total. The van der Waals surface area contributed by atoms with Crippen LogP contribution in [0.15, 0.2) is 0 Å². The summed E-state index contributed by atoms with van der Waals surface area (Å²) in [5.74, 6) is 0.622. The van der Waals surface area contributed by atoms with Gasteiger partial charge in [-0.15, -0.1) is 0 Å². The molecular formula is C17H38O3Sn. The molecule has 0 fully saturated rings. The molecule has 0 aromatic carbocycles. The van der Waals surface area contributed by atoms with Crippen LogP contribution in [0.5, 0.6) is 0 Å². The first kappa shape index (κ1) is 21.7. The zero-order chi connectivity index (χ0) is 17.1. The average molecular weight is 409 g/mol. The van der Waals surface area contributed by atoms with Gasteiger partial charge in [-0.25, -0.2) is 0 Å². The van der Waals surface area contributed by atoms with Crippen LogP contribution in [0.3, 0.4) is 0 Å². The Bertz CT molecular complexity index is 265. The van der Waals surface area contributed by atoms with E-state index in [2.05, 4.69) is 76.2 Å². The van der Waals surface area contributed by atoms with Gasteiger partial charge in [0.1, 0.15) is 0 Å². The van der Waals surface area contributed by atoms with Crippen molar-refractivity contribution in [2.75, 3.05) is 0 Å². The fourth-order valence-corrected chi connectivity index (χ4v) is 14.0. The van der Waals surface area contributed by atoms with Crippen LogP contribution in [0, 0.1) is 5.92 Å². The zero-order valence-corrected chi connectivity index (χ0v) is 19.1. The van der Waals surface area contributed by atoms with E-state index in [1.54, 1.807) is 0 Å². The van der Waals surface area contributed by atoms with Crippen molar-refractivity contribution < 1.29 is 9.22 Å². The van der Waals surface area contributed by atoms with E-state index in [9.17, 15) is 0 Å². The summed E-state index contributed by atoms with van der Waals surface area (Å²) in [6.45, 7) is 23.3. The van der Waals surface area contributed by atoms with Crippen LogP contribution in [0.25, 0.3) is 0 Å². The van der Waals surface area contributed by atoms with Crippen molar-refractivity contribution in [3.63, 3.8) is 0 Å². The van der Waals surface area contributed by atoms with Crippen LogP contribution in [0.2, 0.25) is 4.44 Å². The molecule has 4 heteroatoms. The molecule has 3 nitrogen and oxygen atoms in total. The first-order chi connectivity index (χ1) is 9.04. The molecule has 128 valence electrons. The summed E-state index contributed by atoms with van der Waals surface area (Å²) in [4.78, 5) is 0. The molecule has 0 rings (SSSR count). The van der Waals surface area contributed by atoms with Gasteiger partial charge in [0, 0.05) is 0 Å². The molecule has 0 atom stereocenters. The summed E-state index contributed by atoms with van der Waals surface area (Å²) in [6.07, 6.45) is 1.08. The molecule has 0 amide bonds. The van der Waals surface area contributed by atoms with Crippen LogP contribution < -0.4 is 0 Å². The number of rotatable bonds is 6. The Labute approximate surface area is 138 Å². The van der Waals surface area contributed by atoms with Gasteiger partial charge in [-0.2, -0.15) is 0 Å². The SMILES string of the molecule is CC(C)C[CH2][Sn]([O]C(C)(C)C)([O]C(C)(C)C)[O]C(C)(C)C. The Morgan fingerprint density at radius 2 is 0.952 bits per heavy atom. The van der Waals surface area contributed by atoms with Crippen molar-refractivity contribution in [1.29, 1.82) is 0 Å². The van der Waals surface area contributed by atoms with E-state index in [1.807, 2.05) is 0 Å². The maximum atomic E-state index is 6.49. The van der Waals surface area contributed by atoms with Gasteiger partial charge in [-0.1, -0.05) is 0 Å². The van der Waals surface area contributed by atoms with E-state index >= 15 is 0 Å². The Kier molecular flexibility index (Phi) is 7.74. The molecule has 0 spiro atoms. The second-order valence-corrected chi connectivity index (χ2v) is 16.3. The predicted octanol–water partition coefficient (Wildman–Crippen LogP) is 5.42. The summed E-state index contributed by atoms with van der Waals surface area (Å²) in [6, 6.07) is 0. The minimum absolute atomic E-state index is 0.246. The fraction of sp³-hybridized carbons (Fsp3) is 1.00. The molecule has 0 aromatic rings. The Morgan fingerprint density at radius 1 is 0.667 bits per heavy atom. The molecular weight excluding hydrogens is 371 g/mol. The van der Waals surface area contributed by atoms with Crippen molar-refractivity contribution in [2.45, 2.75) is 104 Å². The Morgan fingerprint density at radius 3 is 1.14 bits per heavy atom.